The molecule has 9 heteroatoms. The lowest BCUT2D eigenvalue weighted by Gasteiger charge is -2.12. The first kappa shape index (κ1) is 18.8. The van der Waals surface area contributed by atoms with Gasteiger partial charge in [0.25, 0.3) is 5.91 Å². The van der Waals surface area contributed by atoms with Gasteiger partial charge in [0, 0.05) is 6.20 Å². The van der Waals surface area contributed by atoms with E-state index >= 15 is 0 Å². The van der Waals surface area contributed by atoms with E-state index in [-0.39, 0.29) is 27.9 Å². The monoisotopic (exact) mass is 384 g/mol. The van der Waals surface area contributed by atoms with E-state index in [1.165, 1.54) is 26.5 Å². The summed E-state index contributed by atoms with van der Waals surface area (Å²) in [6.07, 6.45) is 1.33. The molecule has 0 unspecified atom stereocenters. The van der Waals surface area contributed by atoms with Crippen molar-refractivity contribution in [3.05, 3.63) is 46.1 Å². The molecule has 0 atom stereocenters. The normalized spacial score (nSPS) is 10.1. The molecule has 7 nitrogen and oxygen atoms in total. The highest BCUT2D eigenvalue weighted by Gasteiger charge is 2.21. The molecule has 0 aliphatic rings. The second kappa shape index (κ2) is 8.55. The van der Waals surface area contributed by atoms with Gasteiger partial charge in [0.15, 0.2) is 12.4 Å². The zero-order valence-corrected chi connectivity index (χ0v) is 14.9. The number of methoxy groups -OCH3 is 2. The summed E-state index contributed by atoms with van der Waals surface area (Å²) in [4.78, 5) is 28.0. The van der Waals surface area contributed by atoms with E-state index in [2.05, 4.69) is 10.3 Å². The molecule has 0 saturated heterocycles. The molecule has 1 aromatic heterocycles. The van der Waals surface area contributed by atoms with Crippen LogP contribution >= 0.6 is 23.2 Å². The molecule has 0 spiro atoms. The fraction of sp³-hybridized carbons (Fsp3) is 0.188. The van der Waals surface area contributed by atoms with Crippen molar-refractivity contribution in [2.45, 2.75) is 0 Å². The van der Waals surface area contributed by atoms with Gasteiger partial charge >= 0.3 is 5.97 Å². The number of esters is 1. The molecule has 0 saturated carbocycles. The Hall–Kier alpha value is -2.51. The molecule has 0 aliphatic carbocycles. The molecular weight excluding hydrogens is 371 g/mol. The Morgan fingerprint density at radius 1 is 1.16 bits per heavy atom. The van der Waals surface area contributed by atoms with Crippen molar-refractivity contribution in [3.63, 3.8) is 0 Å². The summed E-state index contributed by atoms with van der Waals surface area (Å²) in [7, 11) is 2.82. The van der Waals surface area contributed by atoms with E-state index in [0.717, 1.165) is 0 Å². The lowest BCUT2D eigenvalue weighted by molar-refractivity contribution is -0.119. The van der Waals surface area contributed by atoms with Crippen LogP contribution in [0.15, 0.2) is 30.5 Å². The van der Waals surface area contributed by atoms with E-state index in [4.69, 9.17) is 37.4 Å². The summed E-state index contributed by atoms with van der Waals surface area (Å²) in [5.41, 5.74) is 0.0861. The van der Waals surface area contributed by atoms with Gasteiger partial charge in [0.2, 0.25) is 0 Å². The minimum atomic E-state index is -0.764. The number of anilines is 1. The molecule has 1 amide bonds. The van der Waals surface area contributed by atoms with E-state index in [1.807, 2.05) is 0 Å². The predicted molar refractivity (Wildman–Crippen MR) is 92.7 cm³/mol. The second-order valence-corrected chi connectivity index (χ2v) is 5.49. The van der Waals surface area contributed by atoms with Gasteiger partial charge in [-0.25, -0.2) is 9.78 Å². The van der Waals surface area contributed by atoms with Crippen LogP contribution in [0.2, 0.25) is 10.0 Å². The van der Waals surface area contributed by atoms with Gasteiger partial charge < -0.3 is 19.5 Å². The van der Waals surface area contributed by atoms with E-state index in [0.29, 0.717) is 5.02 Å². The topological polar surface area (TPSA) is 86.8 Å². The highest BCUT2D eigenvalue weighted by Crippen LogP contribution is 2.29. The summed E-state index contributed by atoms with van der Waals surface area (Å²) in [6, 6.07) is 6.25. The van der Waals surface area contributed by atoms with Crippen molar-refractivity contribution < 1.29 is 23.8 Å². The van der Waals surface area contributed by atoms with Gasteiger partial charge in [-0.05, 0) is 18.2 Å². The maximum Gasteiger partial charge on any atom is 0.346 e. The minimum Gasteiger partial charge on any atom is -0.496 e. The zero-order valence-electron chi connectivity index (χ0n) is 13.3. The van der Waals surface area contributed by atoms with Crippen molar-refractivity contribution in [1.29, 1.82) is 0 Å². The molecule has 0 radical (unpaired) electrons. The number of rotatable bonds is 6. The van der Waals surface area contributed by atoms with Gasteiger partial charge in [-0.15, -0.1) is 0 Å². The fourth-order valence-corrected chi connectivity index (χ4v) is 2.36. The number of hydrogen-bond donors (Lipinski definition) is 1. The summed E-state index contributed by atoms with van der Waals surface area (Å²) in [5.74, 6) is -0.722. The van der Waals surface area contributed by atoms with Crippen molar-refractivity contribution in [2.75, 3.05) is 26.1 Å². The number of hydrogen-bond acceptors (Lipinski definition) is 6. The maximum atomic E-state index is 12.3. The minimum absolute atomic E-state index is 0.0861. The van der Waals surface area contributed by atoms with Gasteiger partial charge in [0.1, 0.15) is 17.1 Å². The Bertz CT molecular complexity index is 776. The molecule has 2 rings (SSSR count). The Labute approximate surface area is 153 Å². The first-order valence-corrected chi connectivity index (χ1v) is 7.71. The molecule has 0 aliphatic heterocycles. The summed E-state index contributed by atoms with van der Waals surface area (Å²) >= 11 is 11.6. The van der Waals surface area contributed by atoms with Crippen molar-refractivity contribution >= 4 is 40.9 Å². The van der Waals surface area contributed by atoms with Gasteiger partial charge in [-0.3, -0.25) is 4.79 Å². The van der Waals surface area contributed by atoms with Crippen LogP contribution < -0.4 is 14.8 Å². The molecule has 1 aromatic carbocycles. The van der Waals surface area contributed by atoms with Crippen LogP contribution in [0.25, 0.3) is 0 Å². The highest BCUT2D eigenvalue weighted by molar-refractivity contribution is 6.36. The third-order valence-corrected chi connectivity index (χ3v) is 3.53. The molecule has 2 aromatic rings. The van der Waals surface area contributed by atoms with Crippen LogP contribution in [0.4, 0.5) is 5.82 Å². The van der Waals surface area contributed by atoms with Gasteiger partial charge in [-0.1, -0.05) is 29.3 Å². The summed E-state index contributed by atoms with van der Waals surface area (Å²) in [5, 5.41) is 2.92. The number of benzene rings is 1. The summed E-state index contributed by atoms with van der Waals surface area (Å²) in [6.45, 7) is -0.541. The number of nitrogens with one attached hydrogen (secondary N) is 1. The quantitative estimate of drug-likeness (QED) is 0.769. The van der Waals surface area contributed by atoms with E-state index in [9.17, 15) is 9.59 Å². The molecule has 0 fully saturated rings. The number of aromatic nitrogens is 1. The Balaban J connectivity index is 2.04. The number of nitrogens with zero attached hydrogens (tertiary/aromatic N) is 1. The number of halogens is 2. The zero-order chi connectivity index (χ0) is 18.4. The summed E-state index contributed by atoms with van der Waals surface area (Å²) < 4.78 is 15.2. The maximum absolute atomic E-state index is 12.3. The van der Waals surface area contributed by atoms with Crippen molar-refractivity contribution in [1.82, 2.24) is 4.98 Å². The largest absolute Gasteiger partial charge is 0.496 e. The average Bonchev–Trinajstić information content (AvgIpc) is 2.61. The Kier molecular flexibility index (Phi) is 6.44. The number of carbonyl (C=O) groups is 2. The lowest BCUT2D eigenvalue weighted by Crippen LogP contribution is -2.22. The van der Waals surface area contributed by atoms with E-state index < -0.39 is 18.5 Å². The van der Waals surface area contributed by atoms with Crippen LogP contribution in [0.3, 0.4) is 0 Å². The highest BCUT2D eigenvalue weighted by atomic mass is 35.5. The lowest BCUT2D eigenvalue weighted by atomic mass is 10.2. The van der Waals surface area contributed by atoms with Crippen molar-refractivity contribution in [2.24, 2.45) is 0 Å². The van der Waals surface area contributed by atoms with Crippen LogP contribution in [-0.2, 0) is 9.53 Å². The first-order chi connectivity index (χ1) is 12.0. The predicted octanol–water partition coefficient (Wildman–Crippen LogP) is 3.20. The number of ether oxygens (including phenoxy) is 3. The molecule has 132 valence electrons. The molecule has 0 bridgehead atoms. The SMILES string of the molecule is COc1cccc(OC)c1C(=O)OCC(=O)Nc1ncc(Cl)cc1Cl. The Morgan fingerprint density at radius 3 is 2.36 bits per heavy atom. The second-order valence-electron chi connectivity index (χ2n) is 4.65. The molecule has 25 heavy (non-hydrogen) atoms. The Morgan fingerprint density at radius 2 is 1.80 bits per heavy atom. The average molecular weight is 385 g/mol. The number of pyridine rings is 1. The first-order valence-electron chi connectivity index (χ1n) is 6.95. The van der Waals surface area contributed by atoms with Crippen LogP contribution in [0, 0.1) is 0 Å². The third-order valence-electron chi connectivity index (χ3n) is 3.03. The number of amides is 1. The fourth-order valence-electron chi connectivity index (χ4n) is 1.93. The van der Waals surface area contributed by atoms with E-state index in [1.54, 1.807) is 18.2 Å². The van der Waals surface area contributed by atoms with Crippen molar-refractivity contribution in [3.8, 4) is 11.5 Å². The van der Waals surface area contributed by atoms with Crippen LogP contribution in [0.1, 0.15) is 10.4 Å². The molecular formula is C16H14Cl2N2O5. The van der Waals surface area contributed by atoms with Gasteiger partial charge in [-0.2, -0.15) is 0 Å². The van der Waals surface area contributed by atoms with Crippen LogP contribution in [-0.4, -0.2) is 37.7 Å². The molecule has 1 N–H and O–H groups in total. The third kappa shape index (κ3) is 4.74. The van der Waals surface area contributed by atoms with Crippen LogP contribution in [0.5, 0.6) is 11.5 Å². The standard InChI is InChI=1S/C16H14Cl2N2O5/c1-23-11-4-3-5-12(24-2)14(11)16(22)25-8-13(21)20-15-10(18)6-9(17)7-19-15/h3-7H,8H2,1-2H3,(H,19,20,21). The number of carbonyl (C=O) groups excluding carboxylic acids is 2. The smallest absolute Gasteiger partial charge is 0.346 e. The molecule has 1 heterocycles. The van der Waals surface area contributed by atoms with Gasteiger partial charge in [0.05, 0.1) is 24.3 Å².